The Kier molecular flexibility index (Phi) is 2.91. The van der Waals surface area contributed by atoms with Gasteiger partial charge in [0.15, 0.2) is 0 Å². The van der Waals surface area contributed by atoms with Crippen molar-refractivity contribution in [1.82, 2.24) is 39.5 Å². The Hall–Kier alpha value is -2.36. The van der Waals surface area contributed by atoms with Crippen LogP contribution < -0.4 is 5.32 Å². The van der Waals surface area contributed by atoms with E-state index in [0.717, 1.165) is 4.47 Å². The number of hydrogen-bond acceptors (Lipinski definition) is 7. The summed E-state index contributed by atoms with van der Waals surface area (Å²) >= 11 is 3.32. The molecular formula is C9H8BrN9. The molecule has 0 aliphatic heterocycles. The molecule has 3 aromatic rings. The molecule has 3 aromatic heterocycles. The molecule has 0 fully saturated rings. The van der Waals surface area contributed by atoms with Crippen molar-refractivity contribution < 1.29 is 0 Å². The first kappa shape index (κ1) is 11.7. The van der Waals surface area contributed by atoms with Gasteiger partial charge in [0.05, 0.1) is 10.7 Å². The lowest BCUT2D eigenvalue weighted by molar-refractivity contribution is 0.746. The molecule has 0 saturated carbocycles. The number of anilines is 1. The van der Waals surface area contributed by atoms with E-state index in [2.05, 4.69) is 51.4 Å². The van der Waals surface area contributed by atoms with Crippen molar-refractivity contribution in [3.05, 3.63) is 29.5 Å². The fourth-order valence-corrected chi connectivity index (χ4v) is 1.68. The summed E-state index contributed by atoms with van der Waals surface area (Å²) in [6, 6.07) is 0. The van der Waals surface area contributed by atoms with Crippen LogP contribution in [0, 0.1) is 0 Å². The van der Waals surface area contributed by atoms with Crippen molar-refractivity contribution in [2.45, 2.75) is 0 Å². The molecule has 0 radical (unpaired) electrons. The maximum atomic E-state index is 4.29. The van der Waals surface area contributed by atoms with E-state index in [-0.39, 0.29) is 0 Å². The molecule has 0 aromatic carbocycles. The number of aromatic nitrogens is 8. The maximum absolute atomic E-state index is 4.29. The molecule has 0 unspecified atom stereocenters. The minimum absolute atomic E-state index is 0.360. The average Bonchev–Trinajstić information content (AvgIpc) is 3.09. The van der Waals surface area contributed by atoms with Gasteiger partial charge >= 0.3 is 0 Å². The van der Waals surface area contributed by atoms with Gasteiger partial charge in [0, 0.05) is 13.2 Å². The minimum atomic E-state index is 0.360. The third kappa shape index (κ3) is 2.29. The Morgan fingerprint density at radius 3 is 2.47 bits per heavy atom. The number of halogens is 1. The summed E-state index contributed by atoms with van der Waals surface area (Å²) in [6.07, 6.45) is 6.32. The topological polar surface area (TPSA) is 99.2 Å². The molecular weight excluding hydrogens is 314 g/mol. The van der Waals surface area contributed by atoms with Gasteiger partial charge < -0.3 is 5.32 Å². The zero-order chi connectivity index (χ0) is 13.2. The summed E-state index contributed by atoms with van der Waals surface area (Å²) in [5.41, 5.74) is 0. The highest BCUT2D eigenvalue weighted by atomic mass is 79.9. The lowest BCUT2D eigenvalue weighted by Gasteiger charge is -2.05. The molecule has 0 aliphatic rings. The van der Waals surface area contributed by atoms with Crippen LogP contribution in [-0.2, 0) is 0 Å². The summed E-state index contributed by atoms with van der Waals surface area (Å²) in [4.78, 5) is 16.6. The Morgan fingerprint density at radius 1 is 1.11 bits per heavy atom. The molecule has 19 heavy (non-hydrogen) atoms. The second-order valence-electron chi connectivity index (χ2n) is 3.45. The second-order valence-corrected chi connectivity index (χ2v) is 4.37. The number of nitrogens with one attached hydrogen (secondary N) is 1. The van der Waals surface area contributed by atoms with Crippen LogP contribution in [0.4, 0.5) is 5.95 Å². The summed E-state index contributed by atoms with van der Waals surface area (Å²) in [7, 11) is 1.73. The number of nitrogens with zero attached hydrogens (tertiary/aromatic N) is 8. The van der Waals surface area contributed by atoms with E-state index in [1.807, 2.05) is 0 Å². The van der Waals surface area contributed by atoms with Gasteiger partial charge in [-0.25, -0.2) is 9.67 Å². The highest BCUT2D eigenvalue weighted by Crippen LogP contribution is 2.11. The Labute approximate surface area is 115 Å². The summed E-state index contributed by atoms with van der Waals surface area (Å²) in [5, 5.41) is 11.0. The van der Waals surface area contributed by atoms with Gasteiger partial charge in [-0.2, -0.15) is 29.8 Å². The van der Waals surface area contributed by atoms with Crippen molar-refractivity contribution in [2.75, 3.05) is 12.4 Å². The van der Waals surface area contributed by atoms with Crippen molar-refractivity contribution in [3.63, 3.8) is 0 Å². The predicted octanol–water partition coefficient (Wildman–Crippen LogP) is 0.442. The monoisotopic (exact) mass is 321 g/mol. The minimum Gasteiger partial charge on any atom is -0.357 e. The van der Waals surface area contributed by atoms with Crippen molar-refractivity contribution in [1.29, 1.82) is 0 Å². The predicted molar refractivity (Wildman–Crippen MR) is 69.1 cm³/mol. The largest absolute Gasteiger partial charge is 0.357 e. The van der Waals surface area contributed by atoms with Crippen molar-refractivity contribution in [2.24, 2.45) is 0 Å². The molecule has 3 rings (SSSR count). The van der Waals surface area contributed by atoms with Crippen LogP contribution in [0.15, 0.2) is 29.5 Å². The van der Waals surface area contributed by atoms with Gasteiger partial charge in [0.1, 0.15) is 12.7 Å². The first-order chi connectivity index (χ1) is 9.26. The van der Waals surface area contributed by atoms with Gasteiger partial charge in [-0.15, -0.1) is 0 Å². The Balaban J connectivity index is 2.12. The standard InChI is InChI=1S/C9H8BrN9/c1-11-7-15-8(18-3-6(10)2-13-18)17-9(16-7)19-5-12-4-14-19/h2-5H,1H3,(H,11,15,16,17). The molecule has 0 aliphatic carbocycles. The second kappa shape index (κ2) is 4.72. The molecule has 0 atom stereocenters. The molecule has 9 nitrogen and oxygen atoms in total. The van der Waals surface area contributed by atoms with E-state index in [4.69, 9.17) is 0 Å². The van der Waals surface area contributed by atoms with Crippen LogP contribution in [0.5, 0.6) is 0 Å². The summed E-state index contributed by atoms with van der Waals surface area (Å²) in [6.45, 7) is 0. The molecule has 0 saturated heterocycles. The molecule has 96 valence electrons. The van der Waals surface area contributed by atoms with Crippen LogP contribution in [0.3, 0.4) is 0 Å². The highest BCUT2D eigenvalue weighted by molar-refractivity contribution is 9.10. The first-order valence-electron chi connectivity index (χ1n) is 5.25. The fourth-order valence-electron chi connectivity index (χ4n) is 1.39. The van der Waals surface area contributed by atoms with Crippen LogP contribution in [0.25, 0.3) is 11.9 Å². The zero-order valence-corrected chi connectivity index (χ0v) is 11.4. The van der Waals surface area contributed by atoms with Crippen LogP contribution >= 0.6 is 15.9 Å². The molecule has 0 bridgehead atoms. The fraction of sp³-hybridized carbons (Fsp3) is 0.111. The Morgan fingerprint density at radius 2 is 1.89 bits per heavy atom. The molecule has 0 amide bonds. The first-order valence-corrected chi connectivity index (χ1v) is 6.05. The summed E-state index contributed by atoms with van der Waals surface area (Å²) < 4.78 is 3.82. The number of rotatable bonds is 3. The highest BCUT2D eigenvalue weighted by Gasteiger charge is 2.10. The smallest absolute Gasteiger partial charge is 0.258 e. The molecule has 10 heteroatoms. The van der Waals surface area contributed by atoms with E-state index >= 15 is 0 Å². The van der Waals surface area contributed by atoms with Gasteiger partial charge in [-0.3, -0.25) is 0 Å². The summed E-state index contributed by atoms with van der Waals surface area (Å²) in [5.74, 6) is 1.16. The SMILES string of the molecule is CNc1nc(-n2cncn2)nc(-n2cc(Br)cn2)n1. The average molecular weight is 322 g/mol. The van der Waals surface area contributed by atoms with Gasteiger partial charge in [-0.1, -0.05) is 0 Å². The number of hydrogen-bond donors (Lipinski definition) is 1. The lowest BCUT2D eigenvalue weighted by Crippen LogP contribution is -2.11. The van der Waals surface area contributed by atoms with E-state index in [0.29, 0.717) is 17.8 Å². The van der Waals surface area contributed by atoms with E-state index in [1.54, 1.807) is 19.4 Å². The normalized spacial score (nSPS) is 10.6. The molecule has 0 spiro atoms. The van der Waals surface area contributed by atoms with Crippen molar-refractivity contribution >= 4 is 21.9 Å². The third-order valence-electron chi connectivity index (χ3n) is 2.22. The van der Waals surface area contributed by atoms with Crippen molar-refractivity contribution in [3.8, 4) is 11.9 Å². The van der Waals surface area contributed by atoms with Crippen LogP contribution in [0.2, 0.25) is 0 Å². The van der Waals surface area contributed by atoms with Crippen LogP contribution in [0.1, 0.15) is 0 Å². The maximum Gasteiger partial charge on any atom is 0.258 e. The van der Waals surface area contributed by atoms with E-state index < -0.39 is 0 Å². The van der Waals surface area contributed by atoms with Gasteiger partial charge in [0.25, 0.3) is 11.9 Å². The van der Waals surface area contributed by atoms with E-state index in [9.17, 15) is 0 Å². The molecule has 1 N–H and O–H groups in total. The van der Waals surface area contributed by atoms with Crippen LogP contribution in [-0.4, -0.2) is 46.5 Å². The quantitative estimate of drug-likeness (QED) is 0.747. The third-order valence-corrected chi connectivity index (χ3v) is 2.62. The zero-order valence-electron chi connectivity index (χ0n) is 9.77. The lowest BCUT2D eigenvalue weighted by atomic mass is 10.7. The molecule has 3 heterocycles. The van der Waals surface area contributed by atoms with E-state index in [1.165, 1.54) is 22.0 Å². The van der Waals surface area contributed by atoms with Gasteiger partial charge in [0.2, 0.25) is 5.95 Å². The Bertz CT molecular complexity index is 690. The van der Waals surface area contributed by atoms with Gasteiger partial charge in [-0.05, 0) is 15.9 Å².